The number of hydrogen-bond donors (Lipinski definition) is 2. The van der Waals surface area contributed by atoms with Crippen LogP contribution in [0.15, 0.2) is 42.5 Å². The van der Waals surface area contributed by atoms with Gasteiger partial charge in [-0.3, -0.25) is 14.5 Å². The Morgan fingerprint density at radius 3 is 2.33 bits per heavy atom. The molecule has 0 fully saturated rings. The van der Waals surface area contributed by atoms with Crippen molar-refractivity contribution in [3.63, 3.8) is 0 Å². The molecule has 0 aliphatic rings. The molecule has 2 amide bonds. The number of carbonyl (C=O) groups excluding carboxylic acids is 2. The minimum absolute atomic E-state index is 0.103. The van der Waals surface area contributed by atoms with Gasteiger partial charge in [0.05, 0.1) is 6.54 Å². The SMILES string of the molecule is Cc1ccc(CN(C)CC(=O)Nc2ccc(C(N)=O)cc2)c(C)c1. The standard InChI is InChI=1S/C19H23N3O2/c1-13-4-5-16(14(2)10-13)11-22(3)12-18(23)21-17-8-6-15(7-9-17)19(20)24/h4-10H,11-12H2,1-3H3,(H2,20,24)(H,21,23). The normalized spacial score (nSPS) is 10.7. The van der Waals surface area contributed by atoms with Crippen LogP contribution in [0.2, 0.25) is 0 Å². The third-order valence-corrected chi connectivity index (χ3v) is 3.81. The Bertz CT molecular complexity index is 739. The molecule has 0 heterocycles. The molecular weight excluding hydrogens is 302 g/mol. The van der Waals surface area contributed by atoms with Crippen molar-refractivity contribution in [2.45, 2.75) is 20.4 Å². The van der Waals surface area contributed by atoms with Crippen molar-refractivity contribution in [1.82, 2.24) is 4.90 Å². The first-order chi connectivity index (χ1) is 11.3. The van der Waals surface area contributed by atoms with E-state index >= 15 is 0 Å². The van der Waals surface area contributed by atoms with Crippen molar-refractivity contribution in [2.75, 3.05) is 18.9 Å². The van der Waals surface area contributed by atoms with Gasteiger partial charge in [-0.25, -0.2) is 0 Å². The molecule has 3 N–H and O–H groups in total. The highest BCUT2D eigenvalue weighted by Crippen LogP contribution is 2.13. The fourth-order valence-corrected chi connectivity index (χ4v) is 2.53. The van der Waals surface area contributed by atoms with Crippen LogP contribution in [0.25, 0.3) is 0 Å². The van der Waals surface area contributed by atoms with Gasteiger partial charge in [0.25, 0.3) is 0 Å². The van der Waals surface area contributed by atoms with Gasteiger partial charge in [-0.1, -0.05) is 23.8 Å². The molecule has 0 radical (unpaired) electrons. The number of primary amides is 1. The van der Waals surface area contributed by atoms with Crippen LogP contribution in [-0.4, -0.2) is 30.3 Å². The molecule has 5 nitrogen and oxygen atoms in total. The molecule has 0 unspecified atom stereocenters. The first kappa shape index (κ1) is 17.7. The lowest BCUT2D eigenvalue weighted by Gasteiger charge is -2.18. The number of nitrogens with one attached hydrogen (secondary N) is 1. The van der Waals surface area contributed by atoms with Crippen molar-refractivity contribution in [3.8, 4) is 0 Å². The van der Waals surface area contributed by atoms with Crippen LogP contribution in [0.4, 0.5) is 5.69 Å². The molecule has 0 spiro atoms. The second-order valence-electron chi connectivity index (χ2n) is 6.09. The van der Waals surface area contributed by atoms with E-state index in [0.29, 0.717) is 17.8 Å². The zero-order chi connectivity index (χ0) is 17.7. The Hall–Kier alpha value is -2.66. The smallest absolute Gasteiger partial charge is 0.248 e. The van der Waals surface area contributed by atoms with E-state index in [1.807, 2.05) is 11.9 Å². The first-order valence-electron chi connectivity index (χ1n) is 7.79. The summed E-state index contributed by atoms with van der Waals surface area (Å²) in [7, 11) is 1.91. The van der Waals surface area contributed by atoms with Crippen LogP contribution in [-0.2, 0) is 11.3 Å². The fraction of sp³-hybridized carbons (Fsp3) is 0.263. The third kappa shape index (κ3) is 4.93. The van der Waals surface area contributed by atoms with Crippen LogP contribution >= 0.6 is 0 Å². The highest BCUT2D eigenvalue weighted by atomic mass is 16.2. The van der Waals surface area contributed by atoms with Crippen molar-refractivity contribution in [3.05, 3.63) is 64.7 Å². The molecular formula is C19H23N3O2. The van der Waals surface area contributed by atoms with Gasteiger partial charge in [0.15, 0.2) is 0 Å². The van der Waals surface area contributed by atoms with E-state index in [9.17, 15) is 9.59 Å². The molecule has 0 aromatic heterocycles. The highest BCUT2D eigenvalue weighted by molar-refractivity contribution is 5.95. The summed E-state index contributed by atoms with van der Waals surface area (Å²) < 4.78 is 0. The Morgan fingerprint density at radius 2 is 1.75 bits per heavy atom. The number of nitrogens with two attached hydrogens (primary N) is 1. The van der Waals surface area contributed by atoms with Crippen LogP contribution in [0.1, 0.15) is 27.0 Å². The molecule has 0 aliphatic carbocycles. The van der Waals surface area contributed by atoms with Gasteiger partial charge in [-0.2, -0.15) is 0 Å². The maximum atomic E-state index is 12.1. The molecule has 0 saturated heterocycles. The fourth-order valence-electron chi connectivity index (χ4n) is 2.53. The Morgan fingerprint density at radius 1 is 1.08 bits per heavy atom. The van der Waals surface area contributed by atoms with Gasteiger partial charge in [0, 0.05) is 17.8 Å². The first-order valence-corrected chi connectivity index (χ1v) is 7.79. The van der Waals surface area contributed by atoms with Gasteiger partial charge in [-0.05, 0) is 56.3 Å². The molecule has 0 atom stereocenters. The Kier molecular flexibility index (Phi) is 5.71. The summed E-state index contributed by atoms with van der Waals surface area (Å²) in [5.41, 5.74) is 9.92. The van der Waals surface area contributed by atoms with Crippen molar-refractivity contribution in [2.24, 2.45) is 5.73 Å². The van der Waals surface area contributed by atoms with Gasteiger partial charge in [-0.15, -0.1) is 0 Å². The van der Waals surface area contributed by atoms with E-state index in [4.69, 9.17) is 5.73 Å². The molecule has 5 heteroatoms. The topological polar surface area (TPSA) is 75.4 Å². The van der Waals surface area contributed by atoms with E-state index in [1.54, 1.807) is 24.3 Å². The zero-order valence-electron chi connectivity index (χ0n) is 14.3. The van der Waals surface area contributed by atoms with Crippen LogP contribution < -0.4 is 11.1 Å². The molecule has 2 aromatic carbocycles. The minimum atomic E-state index is -0.485. The number of amides is 2. The lowest BCUT2D eigenvalue weighted by atomic mass is 10.1. The van der Waals surface area contributed by atoms with E-state index < -0.39 is 5.91 Å². The van der Waals surface area contributed by atoms with Crippen molar-refractivity contribution >= 4 is 17.5 Å². The minimum Gasteiger partial charge on any atom is -0.366 e. The molecule has 2 rings (SSSR count). The number of benzene rings is 2. The van der Waals surface area contributed by atoms with Crippen LogP contribution in [0.3, 0.4) is 0 Å². The van der Waals surface area contributed by atoms with Crippen molar-refractivity contribution < 1.29 is 9.59 Å². The van der Waals surface area contributed by atoms with Crippen LogP contribution in [0, 0.1) is 13.8 Å². The quantitative estimate of drug-likeness (QED) is 0.857. The monoisotopic (exact) mass is 325 g/mol. The number of nitrogens with zero attached hydrogens (tertiary/aromatic N) is 1. The van der Waals surface area contributed by atoms with Crippen molar-refractivity contribution in [1.29, 1.82) is 0 Å². The number of hydrogen-bond acceptors (Lipinski definition) is 3. The summed E-state index contributed by atoms with van der Waals surface area (Å²) in [5, 5.41) is 2.82. The Balaban J connectivity index is 1.90. The summed E-state index contributed by atoms with van der Waals surface area (Å²) in [6.07, 6.45) is 0. The average Bonchev–Trinajstić information content (AvgIpc) is 2.50. The predicted octanol–water partition coefficient (Wildman–Crippen LogP) is 2.47. The van der Waals surface area contributed by atoms with Gasteiger partial charge in [0.1, 0.15) is 0 Å². The third-order valence-electron chi connectivity index (χ3n) is 3.81. The molecule has 0 aliphatic heterocycles. The predicted molar refractivity (Wildman–Crippen MR) is 95.8 cm³/mol. The molecule has 2 aromatic rings. The Labute approximate surface area is 142 Å². The average molecular weight is 325 g/mol. The zero-order valence-corrected chi connectivity index (χ0v) is 14.3. The largest absolute Gasteiger partial charge is 0.366 e. The summed E-state index contributed by atoms with van der Waals surface area (Å²) in [6, 6.07) is 12.8. The summed E-state index contributed by atoms with van der Waals surface area (Å²) in [6.45, 7) is 5.14. The van der Waals surface area contributed by atoms with E-state index in [0.717, 1.165) is 0 Å². The molecule has 24 heavy (non-hydrogen) atoms. The highest BCUT2D eigenvalue weighted by Gasteiger charge is 2.09. The number of likely N-dealkylation sites (N-methyl/N-ethyl adjacent to an activating group) is 1. The summed E-state index contributed by atoms with van der Waals surface area (Å²) >= 11 is 0. The number of aryl methyl sites for hydroxylation is 2. The molecule has 0 bridgehead atoms. The second kappa shape index (κ2) is 7.75. The van der Waals surface area contributed by atoms with E-state index in [2.05, 4.69) is 37.4 Å². The molecule has 0 saturated carbocycles. The summed E-state index contributed by atoms with van der Waals surface area (Å²) in [5.74, 6) is -0.588. The van der Waals surface area contributed by atoms with E-state index in [1.165, 1.54) is 16.7 Å². The van der Waals surface area contributed by atoms with Gasteiger partial charge >= 0.3 is 0 Å². The van der Waals surface area contributed by atoms with Gasteiger partial charge in [0.2, 0.25) is 11.8 Å². The second-order valence-corrected chi connectivity index (χ2v) is 6.09. The number of rotatable bonds is 6. The lowest BCUT2D eigenvalue weighted by Crippen LogP contribution is -2.30. The lowest BCUT2D eigenvalue weighted by molar-refractivity contribution is -0.117. The maximum absolute atomic E-state index is 12.1. The number of anilines is 1. The summed E-state index contributed by atoms with van der Waals surface area (Å²) in [4.78, 5) is 25.1. The number of carbonyl (C=O) groups is 2. The van der Waals surface area contributed by atoms with E-state index in [-0.39, 0.29) is 12.5 Å². The van der Waals surface area contributed by atoms with Crippen LogP contribution in [0.5, 0.6) is 0 Å². The molecule has 126 valence electrons. The van der Waals surface area contributed by atoms with Gasteiger partial charge < -0.3 is 11.1 Å². The maximum Gasteiger partial charge on any atom is 0.248 e.